The van der Waals surface area contributed by atoms with Gasteiger partial charge in [0.2, 0.25) is 0 Å². The lowest BCUT2D eigenvalue weighted by Gasteiger charge is -2.06. The number of ketones is 1. The van der Waals surface area contributed by atoms with Crippen molar-refractivity contribution in [3.63, 3.8) is 0 Å². The molecule has 3 aromatic rings. The number of Topliss-reactive ketones (excluding diaryl/α,β-unsaturated/α-hetero) is 1. The molecule has 29 heavy (non-hydrogen) atoms. The molecule has 0 radical (unpaired) electrons. The van der Waals surface area contributed by atoms with Crippen LogP contribution < -0.4 is 0 Å². The third-order valence-corrected chi connectivity index (χ3v) is 4.65. The van der Waals surface area contributed by atoms with E-state index in [9.17, 15) is 9.59 Å². The van der Waals surface area contributed by atoms with Crippen molar-refractivity contribution in [1.29, 1.82) is 0 Å². The van der Waals surface area contributed by atoms with Crippen LogP contribution in [0.3, 0.4) is 0 Å². The van der Waals surface area contributed by atoms with Crippen molar-refractivity contribution in [1.82, 2.24) is 9.97 Å². The Labute approximate surface area is 170 Å². The number of hydrogen-bond donors (Lipinski definition) is 0. The number of rotatable bonds is 10. The van der Waals surface area contributed by atoms with E-state index in [2.05, 4.69) is 9.97 Å². The van der Waals surface area contributed by atoms with E-state index in [1.807, 2.05) is 18.2 Å². The van der Waals surface area contributed by atoms with Crippen molar-refractivity contribution < 1.29 is 18.7 Å². The van der Waals surface area contributed by atoms with Crippen LogP contribution in [0.1, 0.15) is 58.7 Å². The number of methoxy groups -OCH3 is 1. The zero-order valence-corrected chi connectivity index (χ0v) is 16.5. The summed E-state index contributed by atoms with van der Waals surface area (Å²) in [5.74, 6) is 0.868. The fraction of sp³-hybridized carbons (Fsp3) is 0.304. The second-order valence-electron chi connectivity index (χ2n) is 6.71. The Hall–Kier alpha value is -3.28. The number of nitrogens with zero attached hydrogens (tertiary/aromatic N) is 2. The maximum absolute atomic E-state index is 12.4. The molecule has 0 atom stereocenters. The molecule has 0 amide bonds. The van der Waals surface area contributed by atoms with Crippen LogP contribution in [0.5, 0.6) is 0 Å². The first-order valence-corrected chi connectivity index (χ1v) is 9.75. The summed E-state index contributed by atoms with van der Waals surface area (Å²) in [4.78, 5) is 32.8. The van der Waals surface area contributed by atoms with E-state index >= 15 is 0 Å². The number of carbonyl (C=O) groups excluding carboxylic acids is 2. The highest BCUT2D eigenvalue weighted by molar-refractivity contribution is 6.06. The molecule has 0 N–H and O–H groups in total. The van der Waals surface area contributed by atoms with Crippen LogP contribution in [0.2, 0.25) is 0 Å². The van der Waals surface area contributed by atoms with Gasteiger partial charge in [-0.05, 0) is 31.0 Å². The molecule has 0 saturated carbocycles. The van der Waals surface area contributed by atoms with Crippen LogP contribution in [0.25, 0.3) is 11.5 Å². The number of oxazole rings is 1. The van der Waals surface area contributed by atoms with Gasteiger partial charge >= 0.3 is 5.97 Å². The maximum atomic E-state index is 12.4. The molecule has 1 aromatic carbocycles. The number of ether oxygens (including phenoxy) is 1. The van der Waals surface area contributed by atoms with Gasteiger partial charge in [0.05, 0.1) is 18.9 Å². The molecule has 0 aliphatic carbocycles. The number of esters is 1. The second kappa shape index (κ2) is 10.3. The highest BCUT2D eigenvalue weighted by Crippen LogP contribution is 2.19. The molecule has 0 bridgehead atoms. The molecule has 0 aliphatic rings. The Morgan fingerprint density at radius 2 is 1.69 bits per heavy atom. The molecule has 150 valence electrons. The average molecular weight is 392 g/mol. The fourth-order valence-corrected chi connectivity index (χ4v) is 3.12. The Morgan fingerprint density at radius 1 is 0.931 bits per heavy atom. The lowest BCUT2D eigenvalue weighted by molar-refractivity contribution is 0.0597. The van der Waals surface area contributed by atoms with Crippen LogP contribution in [0, 0.1) is 0 Å². The van der Waals surface area contributed by atoms with E-state index in [-0.39, 0.29) is 5.78 Å². The Morgan fingerprint density at radius 3 is 2.45 bits per heavy atom. The summed E-state index contributed by atoms with van der Waals surface area (Å²) in [6.45, 7) is 0. The lowest BCUT2D eigenvalue weighted by atomic mass is 9.99. The van der Waals surface area contributed by atoms with Gasteiger partial charge in [0.15, 0.2) is 17.4 Å². The number of benzene rings is 1. The number of aryl methyl sites for hydroxylation is 1. The van der Waals surface area contributed by atoms with Gasteiger partial charge in [-0.15, -0.1) is 0 Å². The predicted octanol–water partition coefficient (Wildman–Crippen LogP) is 4.90. The molecule has 0 saturated heterocycles. The molecule has 0 unspecified atom stereocenters. The summed E-state index contributed by atoms with van der Waals surface area (Å²) >= 11 is 0. The van der Waals surface area contributed by atoms with Gasteiger partial charge < -0.3 is 9.15 Å². The van der Waals surface area contributed by atoms with Gasteiger partial charge in [0.25, 0.3) is 0 Å². The quantitative estimate of drug-likeness (QED) is 0.277. The van der Waals surface area contributed by atoms with E-state index in [0.29, 0.717) is 29.2 Å². The molecule has 0 aliphatic heterocycles. The van der Waals surface area contributed by atoms with Crippen molar-refractivity contribution >= 4 is 11.8 Å². The van der Waals surface area contributed by atoms with E-state index in [4.69, 9.17) is 9.15 Å². The average Bonchev–Trinajstić information content (AvgIpc) is 3.25. The molecule has 2 aromatic heterocycles. The SMILES string of the molecule is COC(=O)c1ccccc1C(=O)CCCCCCc1ncc(-c2ccccn2)o1. The molecular formula is C23H24N2O4. The summed E-state index contributed by atoms with van der Waals surface area (Å²) in [6.07, 6.45) is 8.22. The minimum Gasteiger partial charge on any atom is -0.465 e. The fourth-order valence-electron chi connectivity index (χ4n) is 3.12. The molecule has 6 heteroatoms. The Bertz CT molecular complexity index is 950. The van der Waals surface area contributed by atoms with Gasteiger partial charge in [-0.25, -0.2) is 9.78 Å². The van der Waals surface area contributed by atoms with Gasteiger partial charge in [0.1, 0.15) is 5.69 Å². The third-order valence-electron chi connectivity index (χ3n) is 4.65. The summed E-state index contributed by atoms with van der Waals surface area (Å²) in [6, 6.07) is 12.4. The first-order valence-electron chi connectivity index (χ1n) is 9.75. The lowest BCUT2D eigenvalue weighted by Crippen LogP contribution is -2.10. The van der Waals surface area contributed by atoms with Gasteiger partial charge in [-0.1, -0.05) is 37.1 Å². The first-order chi connectivity index (χ1) is 14.2. The molecule has 6 nitrogen and oxygen atoms in total. The zero-order valence-electron chi connectivity index (χ0n) is 16.5. The first kappa shape index (κ1) is 20.5. The molecule has 0 spiro atoms. The van der Waals surface area contributed by atoms with Crippen LogP contribution in [-0.4, -0.2) is 28.8 Å². The molecule has 0 fully saturated rings. The minimum absolute atomic E-state index is 0.0290. The van der Waals surface area contributed by atoms with Crippen LogP contribution in [0.15, 0.2) is 59.3 Å². The van der Waals surface area contributed by atoms with E-state index in [0.717, 1.165) is 37.8 Å². The van der Waals surface area contributed by atoms with Crippen molar-refractivity contribution in [3.05, 3.63) is 71.9 Å². The third kappa shape index (κ3) is 5.60. The number of aromatic nitrogens is 2. The molecular weight excluding hydrogens is 368 g/mol. The maximum Gasteiger partial charge on any atom is 0.338 e. The van der Waals surface area contributed by atoms with E-state index < -0.39 is 5.97 Å². The summed E-state index contributed by atoms with van der Waals surface area (Å²) in [5.41, 5.74) is 1.53. The second-order valence-corrected chi connectivity index (χ2v) is 6.71. The minimum atomic E-state index is -0.482. The van der Waals surface area contributed by atoms with Crippen LogP contribution in [0.4, 0.5) is 0 Å². The van der Waals surface area contributed by atoms with Gasteiger partial charge in [-0.3, -0.25) is 9.78 Å². The topological polar surface area (TPSA) is 82.3 Å². The zero-order chi connectivity index (χ0) is 20.5. The van der Waals surface area contributed by atoms with Gasteiger partial charge in [-0.2, -0.15) is 0 Å². The van der Waals surface area contributed by atoms with Crippen LogP contribution >= 0.6 is 0 Å². The normalized spacial score (nSPS) is 10.7. The largest absolute Gasteiger partial charge is 0.465 e. The number of pyridine rings is 1. The Kier molecular flexibility index (Phi) is 7.28. The monoisotopic (exact) mass is 392 g/mol. The predicted molar refractivity (Wildman–Crippen MR) is 109 cm³/mol. The highest BCUT2D eigenvalue weighted by atomic mass is 16.5. The van der Waals surface area contributed by atoms with Crippen LogP contribution in [-0.2, 0) is 11.2 Å². The summed E-state index contributed by atoms with van der Waals surface area (Å²) < 4.78 is 10.5. The highest BCUT2D eigenvalue weighted by Gasteiger charge is 2.16. The summed E-state index contributed by atoms with van der Waals surface area (Å²) in [5, 5.41) is 0. The van der Waals surface area contributed by atoms with Crippen molar-refractivity contribution in [2.75, 3.05) is 7.11 Å². The standard InChI is InChI=1S/C23H24N2O4/c1-28-23(27)18-11-7-6-10-17(18)20(26)13-4-2-3-5-14-22-25-16-21(29-22)19-12-8-9-15-24-19/h6-12,15-16H,2-5,13-14H2,1H3. The molecule has 3 rings (SSSR count). The van der Waals surface area contributed by atoms with Crippen molar-refractivity contribution in [2.45, 2.75) is 38.5 Å². The molecule has 2 heterocycles. The number of hydrogen-bond acceptors (Lipinski definition) is 6. The smallest absolute Gasteiger partial charge is 0.338 e. The Balaban J connectivity index is 1.39. The summed E-state index contributed by atoms with van der Waals surface area (Å²) in [7, 11) is 1.32. The van der Waals surface area contributed by atoms with Crippen molar-refractivity contribution in [2.24, 2.45) is 0 Å². The number of carbonyl (C=O) groups is 2. The number of unbranched alkanes of at least 4 members (excludes halogenated alkanes) is 3. The van der Waals surface area contributed by atoms with Gasteiger partial charge in [0, 0.05) is 24.6 Å². The van der Waals surface area contributed by atoms with Crippen molar-refractivity contribution in [3.8, 4) is 11.5 Å². The van der Waals surface area contributed by atoms with E-state index in [1.165, 1.54) is 7.11 Å². The van der Waals surface area contributed by atoms with E-state index in [1.54, 1.807) is 36.7 Å².